The lowest BCUT2D eigenvalue weighted by Crippen LogP contribution is -2.23. The van der Waals surface area contributed by atoms with E-state index in [1.807, 2.05) is 19.2 Å². The third-order valence-electron chi connectivity index (χ3n) is 2.86. The van der Waals surface area contributed by atoms with Crippen LogP contribution in [0.2, 0.25) is 0 Å². The van der Waals surface area contributed by atoms with Crippen LogP contribution in [-0.4, -0.2) is 19.7 Å². The summed E-state index contributed by atoms with van der Waals surface area (Å²) in [4.78, 5) is 0. The molecule has 1 N–H and O–H groups in total. The average molecular weight is 207 g/mol. The van der Waals surface area contributed by atoms with Crippen molar-refractivity contribution in [3.8, 4) is 5.75 Å². The summed E-state index contributed by atoms with van der Waals surface area (Å²) in [6, 6.07) is 6.69. The fourth-order valence-corrected chi connectivity index (χ4v) is 1.37. The van der Waals surface area contributed by atoms with E-state index in [4.69, 9.17) is 4.74 Å². The molecular formula is C13H21NO. The van der Waals surface area contributed by atoms with Crippen molar-refractivity contribution in [2.24, 2.45) is 0 Å². The monoisotopic (exact) mass is 207 g/mol. The second-order valence-electron chi connectivity index (χ2n) is 4.02. The predicted molar refractivity (Wildman–Crippen MR) is 64.5 cm³/mol. The van der Waals surface area contributed by atoms with Gasteiger partial charge in [-0.3, -0.25) is 0 Å². The highest BCUT2D eigenvalue weighted by Gasteiger charge is 2.02. The maximum Gasteiger partial charge on any atom is 0.122 e. The Labute approximate surface area is 92.6 Å². The van der Waals surface area contributed by atoms with Crippen LogP contribution in [0.3, 0.4) is 0 Å². The van der Waals surface area contributed by atoms with E-state index >= 15 is 0 Å². The van der Waals surface area contributed by atoms with Gasteiger partial charge in [0.05, 0.1) is 6.61 Å². The Morgan fingerprint density at radius 2 is 2.07 bits per heavy atom. The van der Waals surface area contributed by atoms with Crippen molar-refractivity contribution in [1.82, 2.24) is 5.32 Å². The minimum absolute atomic E-state index is 0.509. The first kappa shape index (κ1) is 12.1. The van der Waals surface area contributed by atoms with Crippen molar-refractivity contribution in [3.05, 3.63) is 29.3 Å². The lowest BCUT2D eigenvalue weighted by molar-refractivity contribution is 0.291. The molecule has 1 unspecified atom stereocenters. The van der Waals surface area contributed by atoms with Gasteiger partial charge in [0.2, 0.25) is 0 Å². The number of ether oxygens (including phenoxy) is 1. The van der Waals surface area contributed by atoms with Crippen LogP contribution in [0.5, 0.6) is 5.75 Å². The Bertz CT molecular complexity index is 309. The highest BCUT2D eigenvalue weighted by Crippen LogP contribution is 2.20. The molecule has 1 rings (SSSR count). The smallest absolute Gasteiger partial charge is 0.122 e. The summed E-state index contributed by atoms with van der Waals surface area (Å²) in [5, 5.41) is 3.20. The maximum atomic E-state index is 5.75. The minimum atomic E-state index is 0.509. The second kappa shape index (κ2) is 5.76. The molecule has 0 saturated heterocycles. The van der Waals surface area contributed by atoms with Crippen LogP contribution in [0.15, 0.2) is 18.2 Å². The zero-order valence-electron chi connectivity index (χ0n) is 10.1. The molecule has 0 aliphatic carbocycles. The topological polar surface area (TPSA) is 21.3 Å². The minimum Gasteiger partial charge on any atom is -0.493 e. The molecule has 0 aromatic heterocycles. The summed E-state index contributed by atoms with van der Waals surface area (Å²) in [7, 11) is 1.97. The Hall–Kier alpha value is -1.02. The van der Waals surface area contributed by atoms with Gasteiger partial charge in [-0.15, -0.1) is 0 Å². The molecule has 0 amide bonds. The molecule has 1 aromatic rings. The number of nitrogens with one attached hydrogen (secondary N) is 1. The summed E-state index contributed by atoms with van der Waals surface area (Å²) in [5.74, 6) is 1.01. The SMILES string of the molecule is CNC(C)CCOc1cccc(C)c1C. The molecule has 0 bridgehead atoms. The van der Waals surface area contributed by atoms with Gasteiger partial charge in [-0.05, 0) is 51.4 Å². The molecule has 1 atom stereocenters. The van der Waals surface area contributed by atoms with Crippen LogP contribution in [0.1, 0.15) is 24.5 Å². The summed E-state index contributed by atoms with van der Waals surface area (Å²) < 4.78 is 5.75. The molecule has 15 heavy (non-hydrogen) atoms. The zero-order valence-corrected chi connectivity index (χ0v) is 10.1. The Balaban J connectivity index is 2.47. The Morgan fingerprint density at radius 3 is 2.73 bits per heavy atom. The molecule has 0 radical (unpaired) electrons. The first-order valence-corrected chi connectivity index (χ1v) is 5.51. The van der Waals surface area contributed by atoms with Crippen molar-refractivity contribution in [1.29, 1.82) is 0 Å². The van der Waals surface area contributed by atoms with Crippen LogP contribution in [0, 0.1) is 13.8 Å². The summed E-state index contributed by atoms with van der Waals surface area (Å²) in [6.07, 6.45) is 1.03. The fraction of sp³-hybridized carbons (Fsp3) is 0.538. The molecule has 0 spiro atoms. The van der Waals surface area contributed by atoms with Gasteiger partial charge in [-0.25, -0.2) is 0 Å². The maximum absolute atomic E-state index is 5.75. The van der Waals surface area contributed by atoms with Gasteiger partial charge in [0.25, 0.3) is 0 Å². The summed E-state index contributed by atoms with van der Waals surface area (Å²) >= 11 is 0. The lowest BCUT2D eigenvalue weighted by Gasteiger charge is -2.13. The highest BCUT2D eigenvalue weighted by molar-refractivity contribution is 5.38. The standard InChI is InChI=1S/C13H21NO/c1-10-6-5-7-13(12(10)3)15-9-8-11(2)14-4/h5-7,11,14H,8-9H2,1-4H3. The zero-order chi connectivity index (χ0) is 11.3. The second-order valence-corrected chi connectivity index (χ2v) is 4.02. The molecule has 0 heterocycles. The van der Waals surface area contributed by atoms with E-state index in [1.165, 1.54) is 11.1 Å². The van der Waals surface area contributed by atoms with Crippen LogP contribution in [-0.2, 0) is 0 Å². The molecular weight excluding hydrogens is 186 g/mol. The van der Waals surface area contributed by atoms with E-state index in [0.29, 0.717) is 6.04 Å². The number of hydrogen-bond donors (Lipinski definition) is 1. The van der Waals surface area contributed by atoms with Crippen LogP contribution < -0.4 is 10.1 Å². The van der Waals surface area contributed by atoms with E-state index < -0.39 is 0 Å². The molecule has 2 nitrogen and oxygen atoms in total. The number of hydrogen-bond acceptors (Lipinski definition) is 2. The molecule has 84 valence electrons. The van der Waals surface area contributed by atoms with E-state index in [2.05, 4.69) is 32.2 Å². The first-order valence-electron chi connectivity index (χ1n) is 5.51. The van der Waals surface area contributed by atoms with Gasteiger partial charge in [-0.2, -0.15) is 0 Å². The highest BCUT2D eigenvalue weighted by atomic mass is 16.5. The van der Waals surface area contributed by atoms with Crippen LogP contribution in [0.4, 0.5) is 0 Å². The van der Waals surface area contributed by atoms with Gasteiger partial charge in [0.15, 0.2) is 0 Å². The van der Waals surface area contributed by atoms with Crippen molar-refractivity contribution < 1.29 is 4.74 Å². The molecule has 2 heteroatoms. The van der Waals surface area contributed by atoms with Crippen molar-refractivity contribution in [3.63, 3.8) is 0 Å². The molecule has 1 aromatic carbocycles. The molecule has 0 fully saturated rings. The third kappa shape index (κ3) is 3.56. The van der Waals surface area contributed by atoms with Gasteiger partial charge in [0.1, 0.15) is 5.75 Å². The first-order chi connectivity index (χ1) is 7.15. The molecule has 0 saturated carbocycles. The molecule has 0 aliphatic heterocycles. The van der Waals surface area contributed by atoms with E-state index in [0.717, 1.165) is 18.8 Å². The molecule has 0 aliphatic rings. The van der Waals surface area contributed by atoms with E-state index in [9.17, 15) is 0 Å². The van der Waals surface area contributed by atoms with Gasteiger partial charge in [0, 0.05) is 6.04 Å². The lowest BCUT2D eigenvalue weighted by atomic mass is 10.1. The van der Waals surface area contributed by atoms with Crippen molar-refractivity contribution >= 4 is 0 Å². The van der Waals surface area contributed by atoms with Gasteiger partial charge >= 0.3 is 0 Å². The van der Waals surface area contributed by atoms with Gasteiger partial charge < -0.3 is 10.1 Å². The largest absolute Gasteiger partial charge is 0.493 e. The quantitative estimate of drug-likeness (QED) is 0.801. The van der Waals surface area contributed by atoms with Crippen molar-refractivity contribution in [2.75, 3.05) is 13.7 Å². The summed E-state index contributed by atoms with van der Waals surface area (Å²) in [6.45, 7) is 7.14. The normalized spacial score (nSPS) is 12.5. The van der Waals surface area contributed by atoms with Crippen molar-refractivity contribution in [2.45, 2.75) is 33.2 Å². The van der Waals surface area contributed by atoms with E-state index in [1.54, 1.807) is 0 Å². The van der Waals surface area contributed by atoms with Crippen LogP contribution in [0.25, 0.3) is 0 Å². The van der Waals surface area contributed by atoms with E-state index in [-0.39, 0.29) is 0 Å². The average Bonchev–Trinajstić information content (AvgIpc) is 2.24. The predicted octanol–water partition coefficient (Wildman–Crippen LogP) is 2.68. The summed E-state index contributed by atoms with van der Waals surface area (Å²) in [5.41, 5.74) is 2.53. The third-order valence-corrected chi connectivity index (χ3v) is 2.86. The van der Waals surface area contributed by atoms with Crippen LogP contribution >= 0.6 is 0 Å². The fourth-order valence-electron chi connectivity index (χ4n) is 1.37. The van der Waals surface area contributed by atoms with Gasteiger partial charge in [-0.1, -0.05) is 12.1 Å². The number of aryl methyl sites for hydroxylation is 1. The Morgan fingerprint density at radius 1 is 1.33 bits per heavy atom. The Kier molecular flexibility index (Phi) is 4.63. The number of rotatable bonds is 5. The number of benzene rings is 1.